The number of amides is 1. The van der Waals surface area contributed by atoms with Gasteiger partial charge >= 0.3 is 6.09 Å². The molecule has 0 bridgehead atoms. The van der Waals surface area contributed by atoms with E-state index in [1.807, 2.05) is 75.4 Å². The molecule has 2 aromatic carbocycles. The van der Waals surface area contributed by atoms with Crippen LogP contribution >= 0.6 is 15.9 Å². The molecular weight excluding hydrogens is 414 g/mol. The molecule has 0 heterocycles. The van der Waals surface area contributed by atoms with E-state index in [1.165, 1.54) is 0 Å². The van der Waals surface area contributed by atoms with E-state index in [4.69, 9.17) is 4.74 Å². The molecule has 26 heavy (non-hydrogen) atoms. The number of alkyl carbamates (subject to hydrolysis) is 1. The van der Waals surface area contributed by atoms with Crippen molar-refractivity contribution >= 4 is 32.8 Å². The molecule has 2 atom stereocenters. The lowest BCUT2D eigenvalue weighted by molar-refractivity contribution is 0.0509. The summed E-state index contributed by atoms with van der Waals surface area (Å²) in [6.45, 7) is 5.45. The third-order valence-corrected chi connectivity index (χ3v) is 5.99. The molecule has 0 radical (unpaired) electrons. The lowest BCUT2D eigenvalue weighted by atomic mass is 10.1. The molecule has 0 aromatic heterocycles. The van der Waals surface area contributed by atoms with Gasteiger partial charge < -0.3 is 10.1 Å². The molecule has 0 aliphatic rings. The third kappa shape index (κ3) is 6.92. The van der Waals surface area contributed by atoms with E-state index in [2.05, 4.69) is 21.2 Å². The second-order valence-electron chi connectivity index (χ2n) is 6.98. The number of carbonyl (C=O) groups is 1. The van der Waals surface area contributed by atoms with Gasteiger partial charge in [-0.2, -0.15) is 0 Å². The Balaban J connectivity index is 2.13. The summed E-state index contributed by atoms with van der Waals surface area (Å²) in [6.07, 6.45) is 0.0820. The van der Waals surface area contributed by atoms with E-state index in [1.54, 1.807) is 0 Å². The first-order valence-electron chi connectivity index (χ1n) is 8.41. The summed E-state index contributed by atoms with van der Waals surface area (Å²) in [6, 6.07) is 16.9. The van der Waals surface area contributed by atoms with Crippen molar-refractivity contribution in [3.63, 3.8) is 0 Å². The van der Waals surface area contributed by atoms with Gasteiger partial charge in [0.15, 0.2) is 0 Å². The van der Waals surface area contributed by atoms with Crippen molar-refractivity contribution in [2.45, 2.75) is 43.7 Å². The largest absolute Gasteiger partial charge is 0.444 e. The summed E-state index contributed by atoms with van der Waals surface area (Å²) >= 11 is 3.44. The highest BCUT2D eigenvalue weighted by Gasteiger charge is 2.22. The van der Waals surface area contributed by atoms with E-state index in [0.29, 0.717) is 12.2 Å². The maximum Gasteiger partial charge on any atom is 0.407 e. The van der Waals surface area contributed by atoms with Crippen molar-refractivity contribution in [1.29, 1.82) is 0 Å². The third-order valence-electron chi connectivity index (χ3n) is 3.48. The highest BCUT2D eigenvalue weighted by Crippen LogP contribution is 2.21. The van der Waals surface area contributed by atoms with Crippen LogP contribution in [-0.2, 0) is 22.0 Å². The standard InChI is InChI=1S/C20H24BrNO3S/c1-20(2,3)25-19(23)22-16(13-15-9-5-4-6-10-15)14-26(24)18-12-8-7-11-17(18)21/h4-12,16H,13-14H2,1-3H3,(H,22,23)/t16-,26+/m0/s1. The first kappa shape index (κ1) is 20.6. The van der Waals surface area contributed by atoms with Crippen LogP contribution in [0.15, 0.2) is 64.0 Å². The van der Waals surface area contributed by atoms with Crippen LogP contribution in [-0.4, -0.2) is 27.7 Å². The second kappa shape index (κ2) is 9.33. The molecule has 2 rings (SSSR count). The van der Waals surface area contributed by atoms with Gasteiger partial charge in [-0.3, -0.25) is 4.21 Å². The van der Waals surface area contributed by atoms with Crippen LogP contribution in [0.1, 0.15) is 26.3 Å². The summed E-state index contributed by atoms with van der Waals surface area (Å²) in [4.78, 5) is 12.9. The van der Waals surface area contributed by atoms with Crippen LogP contribution in [0.4, 0.5) is 4.79 Å². The number of hydrogen-bond acceptors (Lipinski definition) is 3. The van der Waals surface area contributed by atoms with Crippen molar-refractivity contribution in [1.82, 2.24) is 5.32 Å². The minimum Gasteiger partial charge on any atom is -0.444 e. The van der Waals surface area contributed by atoms with Gasteiger partial charge in [0.1, 0.15) is 5.60 Å². The van der Waals surface area contributed by atoms with Gasteiger partial charge in [-0.25, -0.2) is 4.79 Å². The van der Waals surface area contributed by atoms with E-state index >= 15 is 0 Å². The van der Waals surface area contributed by atoms with Crippen LogP contribution in [0.3, 0.4) is 0 Å². The predicted octanol–water partition coefficient (Wildman–Crippen LogP) is 4.69. The monoisotopic (exact) mass is 437 g/mol. The Bertz CT molecular complexity index is 759. The van der Waals surface area contributed by atoms with Crippen LogP contribution in [0.2, 0.25) is 0 Å². The minimum atomic E-state index is -1.26. The van der Waals surface area contributed by atoms with Gasteiger partial charge in [-0.15, -0.1) is 0 Å². The summed E-state index contributed by atoms with van der Waals surface area (Å²) < 4.78 is 19.0. The van der Waals surface area contributed by atoms with Gasteiger partial charge in [-0.1, -0.05) is 42.5 Å². The summed E-state index contributed by atoms with van der Waals surface area (Å²) in [5.74, 6) is 0.302. The Morgan fingerprint density at radius 1 is 1.12 bits per heavy atom. The summed E-state index contributed by atoms with van der Waals surface area (Å²) in [7, 11) is -1.26. The molecule has 4 nitrogen and oxygen atoms in total. The minimum absolute atomic E-state index is 0.302. The van der Waals surface area contributed by atoms with Gasteiger partial charge in [0, 0.05) is 16.3 Å². The molecule has 6 heteroatoms. The van der Waals surface area contributed by atoms with Gasteiger partial charge in [-0.05, 0) is 60.8 Å². The first-order chi connectivity index (χ1) is 12.2. The molecule has 0 spiro atoms. The van der Waals surface area contributed by atoms with Crippen LogP contribution in [0, 0.1) is 0 Å². The summed E-state index contributed by atoms with van der Waals surface area (Å²) in [5, 5.41) is 2.87. The van der Waals surface area contributed by atoms with Crippen molar-refractivity contribution in [3.05, 3.63) is 64.6 Å². The molecule has 1 N–H and O–H groups in total. The molecule has 0 aliphatic heterocycles. The highest BCUT2D eigenvalue weighted by molar-refractivity contribution is 9.10. The van der Waals surface area contributed by atoms with Crippen molar-refractivity contribution in [2.75, 3.05) is 5.75 Å². The lowest BCUT2D eigenvalue weighted by Crippen LogP contribution is -2.43. The normalized spacial score (nSPS) is 13.7. The van der Waals surface area contributed by atoms with Gasteiger partial charge in [0.25, 0.3) is 0 Å². The molecule has 0 saturated heterocycles. The Morgan fingerprint density at radius 3 is 2.35 bits per heavy atom. The number of ether oxygens (including phenoxy) is 1. The SMILES string of the molecule is CC(C)(C)OC(=O)N[C@@H](Cc1ccccc1)C[S@@](=O)c1ccccc1Br. The average molecular weight is 438 g/mol. The molecule has 0 aliphatic carbocycles. The van der Waals surface area contributed by atoms with Crippen molar-refractivity contribution < 1.29 is 13.7 Å². The molecule has 0 fully saturated rings. The fraction of sp³-hybridized carbons (Fsp3) is 0.350. The highest BCUT2D eigenvalue weighted by atomic mass is 79.9. The molecule has 0 saturated carbocycles. The lowest BCUT2D eigenvalue weighted by Gasteiger charge is -2.23. The van der Waals surface area contributed by atoms with Crippen LogP contribution in [0.5, 0.6) is 0 Å². The number of carbonyl (C=O) groups excluding carboxylic acids is 1. The predicted molar refractivity (Wildman–Crippen MR) is 109 cm³/mol. The quantitative estimate of drug-likeness (QED) is 0.712. The number of halogens is 1. The fourth-order valence-electron chi connectivity index (χ4n) is 2.43. The molecule has 2 aromatic rings. The number of benzene rings is 2. The van der Waals surface area contributed by atoms with Gasteiger partial charge in [0.05, 0.1) is 15.7 Å². The average Bonchev–Trinajstić information content (AvgIpc) is 2.54. The van der Waals surface area contributed by atoms with E-state index in [0.717, 1.165) is 14.9 Å². The fourth-order valence-corrected chi connectivity index (χ4v) is 4.51. The molecule has 1 amide bonds. The maximum absolute atomic E-state index is 12.8. The van der Waals surface area contributed by atoms with Gasteiger partial charge in [0.2, 0.25) is 0 Å². The van der Waals surface area contributed by atoms with Crippen LogP contribution < -0.4 is 5.32 Å². The van der Waals surface area contributed by atoms with E-state index < -0.39 is 22.5 Å². The number of hydrogen-bond donors (Lipinski definition) is 1. The zero-order valence-electron chi connectivity index (χ0n) is 15.2. The smallest absolute Gasteiger partial charge is 0.407 e. The first-order valence-corrected chi connectivity index (χ1v) is 10.5. The second-order valence-corrected chi connectivity index (χ2v) is 9.29. The zero-order valence-corrected chi connectivity index (χ0v) is 17.6. The topological polar surface area (TPSA) is 55.4 Å². The maximum atomic E-state index is 12.8. The van der Waals surface area contributed by atoms with E-state index in [9.17, 15) is 9.00 Å². The Kier molecular flexibility index (Phi) is 7.41. The molecular formula is C20H24BrNO3S. The zero-order chi connectivity index (χ0) is 19.2. The molecule has 0 unspecified atom stereocenters. The summed E-state index contributed by atoms with van der Waals surface area (Å²) in [5.41, 5.74) is 0.487. The molecule has 140 valence electrons. The number of rotatable bonds is 6. The Morgan fingerprint density at radius 2 is 1.73 bits per heavy atom. The van der Waals surface area contributed by atoms with Crippen molar-refractivity contribution in [3.8, 4) is 0 Å². The Hall–Kier alpha value is -1.66. The number of nitrogens with one attached hydrogen (secondary N) is 1. The Labute approximate surface area is 165 Å². The van der Waals surface area contributed by atoms with Crippen LogP contribution in [0.25, 0.3) is 0 Å². The van der Waals surface area contributed by atoms with E-state index in [-0.39, 0.29) is 6.04 Å². The van der Waals surface area contributed by atoms with Crippen molar-refractivity contribution in [2.24, 2.45) is 0 Å².